The van der Waals surface area contributed by atoms with E-state index < -0.39 is 12.0 Å². The minimum absolute atomic E-state index is 0.167. The predicted molar refractivity (Wildman–Crippen MR) is 118 cm³/mol. The Hall–Kier alpha value is -4.26. The van der Waals surface area contributed by atoms with Gasteiger partial charge in [0.2, 0.25) is 11.9 Å². The van der Waals surface area contributed by atoms with Crippen molar-refractivity contribution in [2.75, 3.05) is 10.6 Å². The van der Waals surface area contributed by atoms with Crippen molar-refractivity contribution in [2.45, 2.75) is 6.04 Å². The normalized spacial score (nSPS) is 17.5. The molecular weight excluding hydrogens is 388 g/mol. The van der Waals surface area contributed by atoms with Crippen molar-refractivity contribution in [1.29, 1.82) is 0 Å². The molecule has 0 aliphatic carbocycles. The third kappa shape index (κ3) is 3.57. The van der Waals surface area contributed by atoms with Gasteiger partial charge in [-0.3, -0.25) is 4.79 Å². The summed E-state index contributed by atoms with van der Waals surface area (Å²) in [4.78, 5) is 21.1. The number of nitrogens with zero attached hydrogens (tertiary/aromatic N) is 3. The molecule has 7 heteroatoms. The molecule has 31 heavy (non-hydrogen) atoms. The van der Waals surface area contributed by atoms with Gasteiger partial charge in [-0.25, -0.2) is 9.67 Å². The molecule has 1 aliphatic rings. The molecule has 0 radical (unpaired) electrons. The van der Waals surface area contributed by atoms with Crippen LogP contribution in [0.4, 0.5) is 11.6 Å². The number of aromatic nitrogens is 4. The first kappa shape index (κ1) is 18.7. The van der Waals surface area contributed by atoms with E-state index in [2.05, 4.69) is 27.2 Å². The zero-order valence-electron chi connectivity index (χ0n) is 16.7. The summed E-state index contributed by atoms with van der Waals surface area (Å²) in [6, 6.07) is 22.6. The molecule has 1 aliphatic heterocycles. The lowest BCUT2D eigenvalue weighted by Crippen LogP contribution is -2.39. The second kappa shape index (κ2) is 7.87. The van der Waals surface area contributed by atoms with E-state index in [1.165, 1.54) is 0 Å². The van der Waals surface area contributed by atoms with Crippen LogP contribution in [0.25, 0.3) is 11.4 Å². The zero-order valence-corrected chi connectivity index (χ0v) is 16.7. The summed E-state index contributed by atoms with van der Waals surface area (Å²) in [5.74, 6) is 0.389. The molecule has 0 fully saturated rings. The number of hydrogen-bond acceptors (Lipinski definition) is 4. The van der Waals surface area contributed by atoms with E-state index in [4.69, 9.17) is 5.10 Å². The largest absolute Gasteiger partial charge is 0.328 e. The van der Waals surface area contributed by atoms with Gasteiger partial charge in [-0.05, 0) is 18.2 Å². The first-order valence-corrected chi connectivity index (χ1v) is 10.0. The van der Waals surface area contributed by atoms with Crippen molar-refractivity contribution < 1.29 is 9.78 Å². The zero-order chi connectivity index (χ0) is 21.2. The summed E-state index contributed by atoms with van der Waals surface area (Å²) in [7, 11) is 0. The molecule has 0 saturated carbocycles. The Morgan fingerprint density at radius 2 is 1.77 bits per heavy atom. The summed E-state index contributed by atoms with van der Waals surface area (Å²) in [6.07, 6.45) is 3.70. The molecule has 0 saturated heterocycles. The van der Waals surface area contributed by atoms with Gasteiger partial charge in [-0.2, -0.15) is 4.98 Å². The highest BCUT2D eigenvalue weighted by Crippen LogP contribution is 2.38. The van der Waals surface area contributed by atoms with Crippen LogP contribution < -0.4 is 15.6 Å². The van der Waals surface area contributed by atoms with E-state index in [9.17, 15) is 4.79 Å². The lowest BCUT2D eigenvalue weighted by Gasteiger charge is -2.33. The summed E-state index contributed by atoms with van der Waals surface area (Å²) in [5.41, 5.74) is 3.11. The number of carbonyl (C=O) groups is 1. The van der Waals surface area contributed by atoms with Gasteiger partial charge in [0.25, 0.3) is 0 Å². The summed E-state index contributed by atoms with van der Waals surface area (Å²) < 4.78 is 1.77. The van der Waals surface area contributed by atoms with Crippen molar-refractivity contribution in [1.82, 2.24) is 14.8 Å². The number of aromatic amines is 1. The second-order valence-corrected chi connectivity index (χ2v) is 7.33. The molecule has 2 aromatic heterocycles. The van der Waals surface area contributed by atoms with E-state index in [0.717, 1.165) is 16.8 Å². The van der Waals surface area contributed by atoms with Gasteiger partial charge in [0.05, 0.1) is 0 Å². The van der Waals surface area contributed by atoms with Crippen molar-refractivity contribution in [3.63, 3.8) is 0 Å². The topological polar surface area (TPSA) is 86.0 Å². The Bertz CT molecular complexity index is 1220. The fourth-order valence-electron chi connectivity index (χ4n) is 3.83. The molecule has 7 nitrogen and oxygen atoms in total. The van der Waals surface area contributed by atoms with Gasteiger partial charge in [0.1, 0.15) is 12.0 Å². The lowest BCUT2D eigenvalue weighted by atomic mass is 9.89. The number of pyridine rings is 1. The second-order valence-electron chi connectivity index (χ2n) is 7.33. The fraction of sp³-hybridized carbons (Fsp3) is 0.0833. The highest BCUT2D eigenvalue weighted by atomic mass is 16.2. The third-order valence-corrected chi connectivity index (χ3v) is 5.29. The number of carbonyl (C=O) groups excluding carboxylic acids is 1. The molecule has 2 atom stereocenters. The number of anilines is 2. The number of hydrogen-bond donors (Lipinski definition) is 2. The molecule has 4 aromatic rings. The summed E-state index contributed by atoms with van der Waals surface area (Å²) in [6.45, 7) is 4.15. The highest BCUT2D eigenvalue weighted by Gasteiger charge is 2.41. The van der Waals surface area contributed by atoms with E-state index in [0.29, 0.717) is 17.5 Å². The van der Waals surface area contributed by atoms with Crippen molar-refractivity contribution in [2.24, 2.45) is 5.92 Å². The van der Waals surface area contributed by atoms with E-state index in [1.807, 2.05) is 85.2 Å². The van der Waals surface area contributed by atoms with Crippen molar-refractivity contribution >= 4 is 17.5 Å². The van der Waals surface area contributed by atoms with Crippen LogP contribution in [0.15, 0.2) is 97.5 Å². The quantitative estimate of drug-likeness (QED) is 0.540. The number of amides is 1. The number of benzene rings is 2. The number of nitrogens with one attached hydrogen (secondary N) is 3. The average Bonchev–Trinajstić information content (AvgIpc) is 3.23. The lowest BCUT2D eigenvalue weighted by molar-refractivity contribution is -0.379. The van der Waals surface area contributed by atoms with Crippen LogP contribution in [0.1, 0.15) is 11.6 Å². The van der Waals surface area contributed by atoms with Crippen LogP contribution in [0.3, 0.4) is 0 Å². The van der Waals surface area contributed by atoms with Gasteiger partial charge >= 0.3 is 0 Å². The van der Waals surface area contributed by atoms with Crippen molar-refractivity contribution in [3.05, 3.63) is 103 Å². The first-order chi connectivity index (χ1) is 15.2. The maximum Gasteiger partial charge on any atom is 0.235 e. The summed E-state index contributed by atoms with van der Waals surface area (Å²) >= 11 is 0. The molecule has 3 N–H and O–H groups in total. The molecule has 5 rings (SSSR count). The summed E-state index contributed by atoms with van der Waals surface area (Å²) in [5, 5.41) is 11.0. The van der Waals surface area contributed by atoms with Crippen molar-refractivity contribution in [3.8, 4) is 11.4 Å². The van der Waals surface area contributed by atoms with Gasteiger partial charge < -0.3 is 10.6 Å². The van der Waals surface area contributed by atoms with E-state index in [1.54, 1.807) is 4.68 Å². The molecule has 0 bridgehead atoms. The fourth-order valence-corrected chi connectivity index (χ4v) is 3.83. The van der Waals surface area contributed by atoms with Gasteiger partial charge in [0.15, 0.2) is 18.2 Å². The maximum atomic E-state index is 13.4. The Labute approximate surface area is 179 Å². The SMILES string of the molecule is C=C1Nc2nc(-c3ccccc3)nn2C(c2ccc[nH+]c2)C1C(=O)Nc1ccccc1. The van der Waals surface area contributed by atoms with Crippen LogP contribution in [-0.4, -0.2) is 20.7 Å². The van der Waals surface area contributed by atoms with E-state index >= 15 is 0 Å². The standard InChI is InChI=1S/C24H20N6O/c1-16-20(23(31)27-19-12-6-3-7-13-19)21(18-11-8-14-25-15-18)30-24(26-16)28-22(29-30)17-9-4-2-5-10-17/h2-15,20-21H,1H2,(H,27,31)(H,26,28,29)/p+1. The predicted octanol–water partition coefficient (Wildman–Crippen LogP) is 3.54. The van der Waals surface area contributed by atoms with Crippen LogP contribution in [0, 0.1) is 5.92 Å². The smallest absolute Gasteiger partial charge is 0.235 e. The monoisotopic (exact) mass is 409 g/mol. The Balaban J connectivity index is 1.58. The Morgan fingerprint density at radius 1 is 1.03 bits per heavy atom. The molecule has 0 spiro atoms. The van der Waals surface area contributed by atoms with E-state index in [-0.39, 0.29) is 5.91 Å². The molecule has 3 heterocycles. The van der Waals surface area contributed by atoms with Gasteiger partial charge in [-0.1, -0.05) is 55.1 Å². The van der Waals surface area contributed by atoms with Gasteiger partial charge in [-0.15, -0.1) is 5.10 Å². The molecule has 2 unspecified atom stereocenters. The molecular formula is C24H21N6O+. The van der Waals surface area contributed by atoms with Gasteiger partial charge in [0, 0.05) is 28.6 Å². The minimum atomic E-state index is -0.589. The number of H-pyrrole nitrogens is 1. The Morgan fingerprint density at radius 3 is 2.48 bits per heavy atom. The maximum absolute atomic E-state index is 13.4. The highest BCUT2D eigenvalue weighted by molar-refractivity contribution is 5.95. The minimum Gasteiger partial charge on any atom is -0.328 e. The number of para-hydroxylation sites is 1. The van der Waals surface area contributed by atoms with Crippen LogP contribution in [0.5, 0.6) is 0 Å². The number of rotatable bonds is 4. The first-order valence-electron chi connectivity index (χ1n) is 10.0. The molecule has 1 amide bonds. The Kier molecular flexibility index (Phi) is 4.76. The molecule has 2 aromatic carbocycles. The van der Waals surface area contributed by atoms with Crippen LogP contribution >= 0.6 is 0 Å². The number of fused-ring (bicyclic) bond motifs is 1. The third-order valence-electron chi connectivity index (χ3n) is 5.29. The van der Waals surface area contributed by atoms with Crippen LogP contribution in [0.2, 0.25) is 0 Å². The average molecular weight is 409 g/mol. The molecule has 152 valence electrons. The van der Waals surface area contributed by atoms with Crippen LogP contribution in [-0.2, 0) is 4.79 Å².